The predicted molar refractivity (Wildman–Crippen MR) is 86.2 cm³/mol. The summed E-state index contributed by atoms with van der Waals surface area (Å²) < 4.78 is 10.4. The molecule has 1 aromatic rings. The zero-order chi connectivity index (χ0) is 15.9. The van der Waals surface area contributed by atoms with Crippen LogP contribution in [0.3, 0.4) is 0 Å². The van der Waals surface area contributed by atoms with Crippen molar-refractivity contribution in [3.8, 4) is 5.75 Å². The quantitative estimate of drug-likeness (QED) is 0.766. The first-order valence-corrected chi connectivity index (χ1v) is 7.62. The number of nitrogens with one attached hydrogen (secondary N) is 1. The second-order valence-corrected chi connectivity index (χ2v) is 5.68. The molecule has 22 heavy (non-hydrogen) atoms. The lowest BCUT2D eigenvalue weighted by Crippen LogP contribution is -2.41. The van der Waals surface area contributed by atoms with Gasteiger partial charge < -0.3 is 20.5 Å². The molecule has 1 unspecified atom stereocenters. The molecule has 0 spiro atoms. The normalized spacial score (nSPS) is 17.0. The summed E-state index contributed by atoms with van der Waals surface area (Å²) in [7, 11) is 1.57. The average molecular weight is 307 g/mol. The maximum absolute atomic E-state index is 12.2. The van der Waals surface area contributed by atoms with E-state index in [1.54, 1.807) is 25.3 Å². The smallest absolute Gasteiger partial charge is 0.253 e. The summed E-state index contributed by atoms with van der Waals surface area (Å²) in [5.74, 6) is 0.880. The number of ether oxygens (including phenoxy) is 2. The summed E-state index contributed by atoms with van der Waals surface area (Å²) in [5, 5.41) is 2.95. The Morgan fingerprint density at radius 3 is 2.82 bits per heavy atom. The fraction of sp³-hybridized carbons (Fsp3) is 0.562. The molecule has 1 heterocycles. The Morgan fingerprint density at radius 1 is 1.45 bits per heavy atom. The molecule has 1 aromatic carbocycles. The van der Waals surface area contributed by atoms with Crippen molar-refractivity contribution in [2.45, 2.75) is 6.92 Å². The molecule has 1 aliphatic rings. The first-order valence-electron chi connectivity index (χ1n) is 7.62. The molecule has 1 aliphatic heterocycles. The average Bonchev–Trinajstić information content (AvgIpc) is 2.53. The summed E-state index contributed by atoms with van der Waals surface area (Å²) in [5.41, 5.74) is 6.80. The Bertz CT molecular complexity index is 501. The molecule has 122 valence electrons. The van der Waals surface area contributed by atoms with E-state index in [2.05, 4.69) is 17.1 Å². The summed E-state index contributed by atoms with van der Waals surface area (Å²) in [4.78, 5) is 14.6. The van der Waals surface area contributed by atoms with Gasteiger partial charge in [-0.2, -0.15) is 0 Å². The van der Waals surface area contributed by atoms with E-state index in [1.165, 1.54) is 0 Å². The molecular formula is C16H25N3O3. The second kappa shape index (κ2) is 8.00. The zero-order valence-electron chi connectivity index (χ0n) is 13.3. The largest absolute Gasteiger partial charge is 0.497 e. The van der Waals surface area contributed by atoms with Crippen LogP contribution in [0.15, 0.2) is 18.2 Å². The van der Waals surface area contributed by atoms with E-state index < -0.39 is 0 Å². The minimum Gasteiger partial charge on any atom is -0.497 e. The fourth-order valence-electron chi connectivity index (χ4n) is 2.53. The number of hydrogen-bond acceptors (Lipinski definition) is 5. The first kappa shape index (κ1) is 16.6. The molecule has 0 saturated carbocycles. The number of nitrogens with zero attached hydrogens (tertiary/aromatic N) is 1. The third-order valence-electron chi connectivity index (χ3n) is 3.79. The molecule has 6 heteroatoms. The number of morpholine rings is 1. The number of amides is 1. The maximum atomic E-state index is 12.2. The SMILES string of the molecule is COc1ccc(C(=O)NCC(C)CN2CCOCC2)c(N)c1. The Hall–Kier alpha value is -1.79. The van der Waals surface area contributed by atoms with Crippen LogP contribution in [0.25, 0.3) is 0 Å². The number of nitrogens with two attached hydrogens (primary N) is 1. The van der Waals surface area contributed by atoms with E-state index in [1.807, 2.05) is 0 Å². The lowest BCUT2D eigenvalue weighted by molar-refractivity contribution is 0.0317. The van der Waals surface area contributed by atoms with Gasteiger partial charge in [-0.3, -0.25) is 9.69 Å². The maximum Gasteiger partial charge on any atom is 0.253 e. The van der Waals surface area contributed by atoms with Crippen LogP contribution in [-0.4, -0.2) is 57.3 Å². The molecule has 0 radical (unpaired) electrons. The third kappa shape index (κ3) is 4.61. The van der Waals surface area contributed by atoms with Gasteiger partial charge in [-0.15, -0.1) is 0 Å². The van der Waals surface area contributed by atoms with Crippen LogP contribution in [0.4, 0.5) is 5.69 Å². The molecule has 2 rings (SSSR count). The highest BCUT2D eigenvalue weighted by molar-refractivity contribution is 5.99. The standard InChI is InChI=1S/C16H25N3O3/c1-12(11-19-5-7-22-8-6-19)10-18-16(20)14-4-3-13(21-2)9-15(14)17/h3-4,9,12H,5-8,10-11,17H2,1-2H3,(H,18,20). The fourth-order valence-corrected chi connectivity index (χ4v) is 2.53. The van der Waals surface area contributed by atoms with E-state index in [-0.39, 0.29) is 5.91 Å². The van der Waals surface area contributed by atoms with Crippen molar-refractivity contribution >= 4 is 11.6 Å². The molecule has 0 aromatic heterocycles. The first-order chi connectivity index (χ1) is 10.6. The lowest BCUT2D eigenvalue weighted by Gasteiger charge is -2.29. The molecule has 1 fully saturated rings. The van der Waals surface area contributed by atoms with Crippen LogP contribution in [-0.2, 0) is 4.74 Å². The molecule has 1 saturated heterocycles. The van der Waals surface area contributed by atoms with Crippen molar-refractivity contribution in [1.29, 1.82) is 0 Å². The van der Waals surface area contributed by atoms with Gasteiger partial charge in [0.25, 0.3) is 5.91 Å². The van der Waals surface area contributed by atoms with Crippen molar-refractivity contribution in [1.82, 2.24) is 10.2 Å². The van der Waals surface area contributed by atoms with Gasteiger partial charge in [0, 0.05) is 37.9 Å². The third-order valence-corrected chi connectivity index (χ3v) is 3.79. The van der Waals surface area contributed by atoms with Crippen LogP contribution in [0.5, 0.6) is 5.75 Å². The number of carbonyl (C=O) groups excluding carboxylic acids is 1. The Kier molecular flexibility index (Phi) is 6.03. The number of hydrogen-bond donors (Lipinski definition) is 2. The van der Waals surface area contributed by atoms with Gasteiger partial charge in [0.15, 0.2) is 0 Å². The topological polar surface area (TPSA) is 76.8 Å². The summed E-state index contributed by atoms with van der Waals surface area (Å²) in [6, 6.07) is 5.09. The highest BCUT2D eigenvalue weighted by Gasteiger charge is 2.15. The van der Waals surface area contributed by atoms with Crippen LogP contribution in [0, 0.1) is 5.92 Å². The molecule has 3 N–H and O–H groups in total. The number of carbonyl (C=O) groups is 1. The van der Waals surface area contributed by atoms with Crippen LogP contribution < -0.4 is 15.8 Å². The van der Waals surface area contributed by atoms with Gasteiger partial charge >= 0.3 is 0 Å². The van der Waals surface area contributed by atoms with Gasteiger partial charge in [0.2, 0.25) is 0 Å². The van der Waals surface area contributed by atoms with Gasteiger partial charge in [-0.05, 0) is 18.1 Å². The Balaban J connectivity index is 1.81. The van der Waals surface area contributed by atoms with Crippen molar-refractivity contribution in [3.05, 3.63) is 23.8 Å². The van der Waals surface area contributed by atoms with Gasteiger partial charge in [0.05, 0.1) is 25.9 Å². The summed E-state index contributed by atoms with van der Waals surface area (Å²) in [6.07, 6.45) is 0. The van der Waals surface area contributed by atoms with Crippen LogP contribution in [0.1, 0.15) is 17.3 Å². The monoisotopic (exact) mass is 307 g/mol. The molecular weight excluding hydrogens is 282 g/mol. The summed E-state index contributed by atoms with van der Waals surface area (Å²) in [6.45, 7) is 7.23. The number of rotatable bonds is 6. The molecule has 6 nitrogen and oxygen atoms in total. The highest BCUT2D eigenvalue weighted by Crippen LogP contribution is 2.19. The molecule has 1 atom stereocenters. The number of benzene rings is 1. The minimum absolute atomic E-state index is 0.144. The molecule has 0 aliphatic carbocycles. The van der Waals surface area contributed by atoms with Gasteiger partial charge in [0.1, 0.15) is 5.75 Å². The number of nitrogen functional groups attached to an aromatic ring is 1. The molecule has 0 bridgehead atoms. The van der Waals surface area contributed by atoms with E-state index in [0.717, 1.165) is 32.8 Å². The van der Waals surface area contributed by atoms with E-state index >= 15 is 0 Å². The number of methoxy groups -OCH3 is 1. The van der Waals surface area contributed by atoms with Crippen molar-refractivity contribution < 1.29 is 14.3 Å². The van der Waals surface area contributed by atoms with Gasteiger partial charge in [-0.1, -0.05) is 6.92 Å². The highest BCUT2D eigenvalue weighted by atomic mass is 16.5. The minimum atomic E-state index is -0.144. The molecule has 1 amide bonds. The van der Waals surface area contributed by atoms with Crippen molar-refractivity contribution in [2.24, 2.45) is 5.92 Å². The zero-order valence-corrected chi connectivity index (χ0v) is 13.3. The number of anilines is 1. The Labute approximate surface area is 131 Å². The summed E-state index contributed by atoms with van der Waals surface area (Å²) >= 11 is 0. The predicted octanol–water partition coefficient (Wildman–Crippen LogP) is 0.976. The van der Waals surface area contributed by atoms with E-state index in [0.29, 0.717) is 29.5 Å². The van der Waals surface area contributed by atoms with Crippen LogP contribution >= 0.6 is 0 Å². The Morgan fingerprint density at radius 2 is 2.18 bits per heavy atom. The van der Waals surface area contributed by atoms with E-state index in [9.17, 15) is 4.79 Å². The van der Waals surface area contributed by atoms with Gasteiger partial charge in [-0.25, -0.2) is 0 Å². The second-order valence-electron chi connectivity index (χ2n) is 5.68. The van der Waals surface area contributed by atoms with Crippen LogP contribution in [0.2, 0.25) is 0 Å². The van der Waals surface area contributed by atoms with Crippen molar-refractivity contribution in [3.63, 3.8) is 0 Å². The van der Waals surface area contributed by atoms with E-state index in [4.69, 9.17) is 15.2 Å². The van der Waals surface area contributed by atoms with Crippen molar-refractivity contribution in [2.75, 3.05) is 52.2 Å². The lowest BCUT2D eigenvalue weighted by atomic mass is 10.1.